The predicted octanol–water partition coefficient (Wildman–Crippen LogP) is 3.75. The fraction of sp³-hybridized carbons (Fsp3) is 0.100. The summed E-state index contributed by atoms with van der Waals surface area (Å²) in [5, 5.41) is 26.3. The van der Waals surface area contributed by atoms with Crippen molar-refractivity contribution >= 4 is 40.6 Å². The fourth-order valence-electron chi connectivity index (χ4n) is 2.64. The average molecular weight is 423 g/mol. The van der Waals surface area contributed by atoms with Crippen molar-refractivity contribution < 1.29 is 24.4 Å². The lowest BCUT2D eigenvalue weighted by atomic mass is 10.2. The van der Waals surface area contributed by atoms with Gasteiger partial charge in [-0.05, 0) is 49.4 Å². The van der Waals surface area contributed by atoms with Gasteiger partial charge in [-0.3, -0.25) is 10.1 Å². The van der Waals surface area contributed by atoms with Crippen molar-refractivity contribution in [2.45, 2.75) is 6.92 Å². The number of carboxylic acid groups (broad SMARTS) is 1. The minimum absolute atomic E-state index is 0.0755. The normalized spacial score (nSPS) is 10.2. The third-order valence-corrected chi connectivity index (χ3v) is 4.04. The summed E-state index contributed by atoms with van der Waals surface area (Å²) in [4.78, 5) is 41.8. The SMILES string of the molecule is CCOC(=O)c1cccc(Nc2ncnc(Nc3ccc(C(=O)O)cc3)c2[N+](=O)[O-])c1. The van der Waals surface area contributed by atoms with Crippen molar-refractivity contribution in [3.63, 3.8) is 0 Å². The Balaban J connectivity index is 1.90. The van der Waals surface area contributed by atoms with Gasteiger partial charge in [0, 0.05) is 11.4 Å². The summed E-state index contributed by atoms with van der Waals surface area (Å²) in [6.07, 6.45) is 1.14. The lowest BCUT2D eigenvalue weighted by molar-refractivity contribution is -0.383. The highest BCUT2D eigenvalue weighted by molar-refractivity contribution is 5.91. The van der Waals surface area contributed by atoms with Gasteiger partial charge in [-0.25, -0.2) is 19.6 Å². The molecule has 0 spiro atoms. The molecule has 158 valence electrons. The van der Waals surface area contributed by atoms with Crippen LogP contribution in [0.4, 0.5) is 28.7 Å². The van der Waals surface area contributed by atoms with Crippen LogP contribution >= 0.6 is 0 Å². The number of esters is 1. The monoisotopic (exact) mass is 423 g/mol. The van der Waals surface area contributed by atoms with Crippen molar-refractivity contribution in [3.8, 4) is 0 Å². The molecule has 0 unspecified atom stereocenters. The minimum atomic E-state index is -1.09. The number of hydrogen-bond donors (Lipinski definition) is 3. The molecule has 31 heavy (non-hydrogen) atoms. The van der Waals surface area contributed by atoms with Gasteiger partial charge in [0.15, 0.2) is 0 Å². The third-order valence-electron chi connectivity index (χ3n) is 4.04. The topological polar surface area (TPSA) is 157 Å². The second-order valence-electron chi connectivity index (χ2n) is 6.11. The fourth-order valence-corrected chi connectivity index (χ4v) is 2.64. The number of hydrogen-bond acceptors (Lipinski definition) is 9. The predicted molar refractivity (Wildman–Crippen MR) is 111 cm³/mol. The minimum Gasteiger partial charge on any atom is -0.478 e. The van der Waals surface area contributed by atoms with E-state index >= 15 is 0 Å². The van der Waals surface area contributed by atoms with Crippen molar-refractivity contribution in [2.24, 2.45) is 0 Å². The molecule has 0 saturated heterocycles. The molecule has 11 heteroatoms. The number of carboxylic acids is 1. The van der Waals surface area contributed by atoms with Crippen molar-refractivity contribution in [1.82, 2.24) is 9.97 Å². The van der Waals surface area contributed by atoms with Crippen LogP contribution in [-0.4, -0.2) is 38.5 Å². The largest absolute Gasteiger partial charge is 0.478 e. The number of ether oxygens (including phenoxy) is 1. The van der Waals surface area contributed by atoms with Crippen molar-refractivity contribution in [1.29, 1.82) is 0 Å². The molecule has 0 atom stereocenters. The van der Waals surface area contributed by atoms with E-state index in [2.05, 4.69) is 20.6 Å². The van der Waals surface area contributed by atoms with E-state index in [-0.39, 0.29) is 29.4 Å². The second kappa shape index (κ2) is 9.31. The number of aromatic carboxylic acids is 1. The van der Waals surface area contributed by atoms with Crippen LogP contribution in [0.3, 0.4) is 0 Å². The van der Waals surface area contributed by atoms with E-state index in [9.17, 15) is 19.7 Å². The van der Waals surface area contributed by atoms with Gasteiger partial charge in [-0.15, -0.1) is 0 Å². The van der Waals surface area contributed by atoms with E-state index in [0.717, 1.165) is 6.33 Å². The quantitative estimate of drug-likeness (QED) is 0.277. The molecule has 0 aliphatic heterocycles. The Labute approximate surface area is 175 Å². The summed E-state index contributed by atoms with van der Waals surface area (Å²) in [6.45, 7) is 1.91. The summed E-state index contributed by atoms with van der Waals surface area (Å²) in [5.41, 5.74) is 0.726. The number of rotatable bonds is 8. The van der Waals surface area contributed by atoms with Crippen LogP contribution in [0.15, 0.2) is 54.9 Å². The highest BCUT2D eigenvalue weighted by Gasteiger charge is 2.23. The molecule has 2 aromatic carbocycles. The lowest BCUT2D eigenvalue weighted by Gasteiger charge is -2.11. The molecule has 0 radical (unpaired) electrons. The molecular formula is C20H17N5O6. The van der Waals surface area contributed by atoms with Crippen LogP contribution in [0, 0.1) is 10.1 Å². The van der Waals surface area contributed by atoms with Gasteiger partial charge in [0.05, 0.1) is 22.7 Å². The molecule has 0 saturated carbocycles. The number of aromatic nitrogens is 2. The summed E-state index contributed by atoms with van der Waals surface area (Å²) in [6, 6.07) is 11.9. The van der Waals surface area contributed by atoms with E-state index in [1.165, 1.54) is 30.3 Å². The number of carbonyl (C=O) groups excluding carboxylic acids is 1. The van der Waals surface area contributed by atoms with E-state index in [1.807, 2.05) is 0 Å². The van der Waals surface area contributed by atoms with Crippen LogP contribution < -0.4 is 10.6 Å². The van der Waals surface area contributed by atoms with Crippen molar-refractivity contribution in [2.75, 3.05) is 17.2 Å². The van der Waals surface area contributed by atoms with Crippen LogP contribution in [0.2, 0.25) is 0 Å². The Morgan fingerprint density at radius 1 is 1.03 bits per heavy atom. The molecule has 0 amide bonds. The molecule has 3 N–H and O–H groups in total. The number of anilines is 4. The van der Waals surface area contributed by atoms with E-state index < -0.39 is 22.5 Å². The smallest absolute Gasteiger partial charge is 0.353 e. The zero-order valence-electron chi connectivity index (χ0n) is 16.2. The van der Waals surface area contributed by atoms with E-state index in [0.29, 0.717) is 11.4 Å². The Morgan fingerprint density at radius 2 is 1.68 bits per heavy atom. The van der Waals surface area contributed by atoms with Gasteiger partial charge >= 0.3 is 17.6 Å². The van der Waals surface area contributed by atoms with E-state index in [4.69, 9.17) is 9.84 Å². The first kappa shape index (κ1) is 21.2. The maximum atomic E-state index is 11.9. The van der Waals surface area contributed by atoms with Gasteiger partial charge in [-0.2, -0.15) is 0 Å². The zero-order chi connectivity index (χ0) is 22.4. The Hall–Kier alpha value is -4.54. The number of benzene rings is 2. The first-order valence-corrected chi connectivity index (χ1v) is 9.03. The Kier molecular flexibility index (Phi) is 6.36. The standard InChI is InChI=1S/C20H17N5O6/c1-2-31-20(28)13-4-3-5-15(10-13)24-18-16(25(29)30)17(21-11-22-18)23-14-8-6-12(7-9-14)19(26)27/h3-11H,2H2,1H3,(H,26,27)(H2,21,22,23,24). The highest BCUT2D eigenvalue weighted by Crippen LogP contribution is 2.33. The van der Waals surface area contributed by atoms with Crippen LogP contribution in [0.1, 0.15) is 27.6 Å². The molecule has 11 nitrogen and oxygen atoms in total. The molecule has 0 bridgehead atoms. The van der Waals surface area contributed by atoms with Gasteiger partial charge in [-0.1, -0.05) is 6.07 Å². The molecule has 0 aliphatic rings. The maximum Gasteiger partial charge on any atom is 0.353 e. The van der Waals surface area contributed by atoms with Gasteiger partial charge in [0.25, 0.3) is 0 Å². The average Bonchev–Trinajstić information content (AvgIpc) is 2.74. The molecule has 0 fully saturated rings. The molecule has 1 heterocycles. The van der Waals surface area contributed by atoms with Crippen LogP contribution in [0.5, 0.6) is 0 Å². The maximum absolute atomic E-state index is 11.9. The van der Waals surface area contributed by atoms with Crippen LogP contribution in [-0.2, 0) is 4.74 Å². The summed E-state index contributed by atoms with van der Waals surface area (Å²) < 4.78 is 4.96. The third kappa shape index (κ3) is 5.09. The molecule has 3 rings (SSSR count). The van der Waals surface area contributed by atoms with E-state index in [1.54, 1.807) is 25.1 Å². The first-order valence-electron chi connectivity index (χ1n) is 9.03. The summed E-state index contributed by atoms with van der Waals surface area (Å²) in [5.74, 6) is -1.79. The molecule has 3 aromatic rings. The first-order chi connectivity index (χ1) is 14.9. The summed E-state index contributed by atoms with van der Waals surface area (Å²) >= 11 is 0. The Bertz CT molecular complexity index is 1130. The number of nitro groups is 1. The number of nitrogens with zero attached hydrogens (tertiary/aromatic N) is 3. The summed E-state index contributed by atoms with van der Waals surface area (Å²) in [7, 11) is 0. The molecular weight excluding hydrogens is 406 g/mol. The van der Waals surface area contributed by atoms with Crippen LogP contribution in [0.25, 0.3) is 0 Å². The molecule has 0 aliphatic carbocycles. The number of carbonyl (C=O) groups is 2. The second-order valence-corrected chi connectivity index (χ2v) is 6.11. The van der Waals surface area contributed by atoms with Gasteiger partial charge in [0.2, 0.25) is 11.6 Å². The zero-order valence-corrected chi connectivity index (χ0v) is 16.2. The molecule has 1 aromatic heterocycles. The highest BCUT2D eigenvalue weighted by atomic mass is 16.6. The van der Waals surface area contributed by atoms with Gasteiger partial charge < -0.3 is 20.5 Å². The van der Waals surface area contributed by atoms with Crippen molar-refractivity contribution in [3.05, 3.63) is 76.1 Å². The number of nitrogens with one attached hydrogen (secondary N) is 2. The Morgan fingerprint density at radius 3 is 2.26 bits per heavy atom. The lowest BCUT2D eigenvalue weighted by Crippen LogP contribution is -2.07. The van der Waals surface area contributed by atoms with Gasteiger partial charge in [0.1, 0.15) is 6.33 Å².